The van der Waals surface area contributed by atoms with Crippen molar-refractivity contribution < 1.29 is 22.0 Å². The predicted molar refractivity (Wildman–Crippen MR) is 176 cm³/mol. The lowest BCUT2D eigenvalue weighted by atomic mass is 10.0. The topological polar surface area (TPSA) is 109 Å². The molecule has 1 aromatic heterocycles. The van der Waals surface area contributed by atoms with E-state index < -0.39 is 27.7 Å². The molecule has 1 aliphatic rings. The van der Waals surface area contributed by atoms with Gasteiger partial charge in [0.05, 0.1) is 10.4 Å². The number of carbonyl (C=O) groups excluding carboxylic acids is 1. The first-order chi connectivity index (χ1) is 22.0. The quantitative estimate of drug-likeness (QED) is 0.197. The van der Waals surface area contributed by atoms with Gasteiger partial charge in [0.15, 0.2) is 0 Å². The zero-order valence-corrected chi connectivity index (χ0v) is 26.1. The second-order valence-electron chi connectivity index (χ2n) is 11.5. The Hall–Kier alpha value is -4.87. The van der Waals surface area contributed by atoms with Crippen molar-refractivity contribution in [1.82, 2.24) is 14.8 Å². The zero-order chi connectivity index (χ0) is 32.6. The number of hydrogen-bond donors (Lipinski definition) is 2. The van der Waals surface area contributed by atoms with E-state index in [4.69, 9.17) is 5.73 Å². The first-order valence-corrected chi connectivity index (χ1v) is 16.4. The van der Waals surface area contributed by atoms with Crippen LogP contribution in [-0.4, -0.2) is 54.8 Å². The molecule has 1 aliphatic heterocycles. The lowest BCUT2D eigenvalue weighted by Crippen LogP contribution is -2.54. The van der Waals surface area contributed by atoms with Gasteiger partial charge in [0, 0.05) is 76.9 Å². The molecule has 1 unspecified atom stereocenters. The summed E-state index contributed by atoms with van der Waals surface area (Å²) in [6.07, 6.45) is 1.65. The number of carbonyl (C=O) groups is 1. The van der Waals surface area contributed by atoms with Gasteiger partial charge in [0.25, 0.3) is 15.9 Å². The van der Waals surface area contributed by atoms with Crippen LogP contribution in [-0.2, 0) is 10.0 Å². The second-order valence-corrected chi connectivity index (χ2v) is 13.1. The van der Waals surface area contributed by atoms with Gasteiger partial charge in [-0.25, -0.2) is 17.2 Å². The Balaban J connectivity index is 1.18. The molecule has 5 aromatic rings. The van der Waals surface area contributed by atoms with E-state index in [0.717, 1.165) is 5.39 Å². The lowest BCUT2D eigenvalue weighted by molar-refractivity contribution is 0.0397. The van der Waals surface area contributed by atoms with Crippen molar-refractivity contribution in [3.63, 3.8) is 0 Å². The second kappa shape index (κ2) is 12.5. The zero-order valence-electron chi connectivity index (χ0n) is 25.3. The van der Waals surface area contributed by atoms with Crippen LogP contribution in [0.15, 0.2) is 102 Å². The highest BCUT2D eigenvalue weighted by Crippen LogP contribution is 2.35. The predicted octanol–water partition coefficient (Wildman–Crippen LogP) is 6.47. The van der Waals surface area contributed by atoms with Crippen molar-refractivity contribution in [1.29, 1.82) is 0 Å². The minimum atomic E-state index is -4.07. The van der Waals surface area contributed by atoms with Crippen molar-refractivity contribution in [2.45, 2.75) is 30.8 Å². The van der Waals surface area contributed by atoms with Crippen LogP contribution in [0.4, 0.5) is 20.2 Å². The van der Waals surface area contributed by atoms with Gasteiger partial charge in [-0.05, 0) is 74.5 Å². The average Bonchev–Trinajstić information content (AvgIpc) is 3.04. The number of nitrogen functional groups attached to an aromatic ring is 1. The fraction of sp³-hybridized carbons (Fsp3) is 0.200. The van der Waals surface area contributed by atoms with Gasteiger partial charge in [0.1, 0.15) is 11.6 Å². The Morgan fingerprint density at radius 2 is 1.63 bits per heavy atom. The smallest absolute Gasteiger partial charge is 0.262 e. The van der Waals surface area contributed by atoms with Crippen molar-refractivity contribution in [2.24, 2.45) is 0 Å². The summed E-state index contributed by atoms with van der Waals surface area (Å²) in [5, 5.41) is 0.864. The molecule has 8 nitrogen and oxygen atoms in total. The summed E-state index contributed by atoms with van der Waals surface area (Å²) in [5.41, 5.74) is 8.90. The summed E-state index contributed by atoms with van der Waals surface area (Å²) >= 11 is 0. The van der Waals surface area contributed by atoms with Crippen LogP contribution in [0.3, 0.4) is 0 Å². The molecule has 1 amide bonds. The van der Waals surface area contributed by atoms with E-state index in [1.165, 1.54) is 30.3 Å². The number of anilines is 2. The summed E-state index contributed by atoms with van der Waals surface area (Å²) in [6.45, 7) is 4.91. The monoisotopic (exact) mass is 641 g/mol. The number of amides is 1. The van der Waals surface area contributed by atoms with E-state index in [1.807, 2.05) is 42.2 Å². The SMILES string of the molecule is CC(c1c(F)cccc1F)N1CCN(C(=O)c2ccc(NS(=O)(=O)c3ccc(N)cc3-c3cccc4cccnc34)cc2)[C@H](C)C1. The van der Waals surface area contributed by atoms with Gasteiger partial charge in [-0.3, -0.25) is 19.4 Å². The van der Waals surface area contributed by atoms with Crippen LogP contribution in [0.5, 0.6) is 0 Å². The Bertz CT molecular complexity index is 2010. The van der Waals surface area contributed by atoms with E-state index in [9.17, 15) is 22.0 Å². The molecule has 236 valence electrons. The molecule has 0 saturated carbocycles. The summed E-state index contributed by atoms with van der Waals surface area (Å²) in [5.74, 6) is -1.39. The number of halogens is 2. The Morgan fingerprint density at radius 3 is 2.35 bits per heavy atom. The normalized spacial score (nSPS) is 16.3. The van der Waals surface area contributed by atoms with Gasteiger partial charge >= 0.3 is 0 Å². The Kier molecular flexibility index (Phi) is 8.45. The van der Waals surface area contributed by atoms with Crippen LogP contribution < -0.4 is 10.5 Å². The number of hydrogen-bond acceptors (Lipinski definition) is 6. The largest absolute Gasteiger partial charge is 0.399 e. The van der Waals surface area contributed by atoms with Gasteiger partial charge in [0.2, 0.25) is 0 Å². The van der Waals surface area contributed by atoms with Gasteiger partial charge in [-0.15, -0.1) is 0 Å². The molecule has 0 spiro atoms. The number of piperazine rings is 1. The first kappa shape index (κ1) is 31.1. The number of benzene rings is 4. The molecule has 0 radical (unpaired) electrons. The third-order valence-electron chi connectivity index (χ3n) is 8.49. The van der Waals surface area contributed by atoms with Crippen LogP contribution in [0, 0.1) is 11.6 Å². The van der Waals surface area contributed by atoms with E-state index in [-0.39, 0.29) is 28.1 Å². The minimum absolute atomic E-state index is 0.0207. The molecular weight excluding hydrogens is 608 g/mol. The number of rotatable bonds is 7. The summed E-state index contributed by atoms with van der Waals surface area (Å²) in [7, 11) is -4.07. The van der Waals surface area contributed by atoms with E-state index >= 15 is 0 Å². The maximum absolute atomic E-state index is 14.4. The molecule has 1 fully saturated rings. The fourth-order valence-corrected chi connectivity index (χ4v) is 7.36. The number of para-hydroxylation sites is 1. The molecule has 0 bridgehead atoms. The molecule has 4 aromatic carbocycles. The summed E-state index contributed by atoms with van der Waals surface area (Å²) < 4.78 is 58.8. The molecule has 1 saturated heterocycles. The molecule has 6 rings (SSSR count). The molecule has 2 atom stereocenters. The molecule has 0 aliphatic carbocycles. The van der Waals surface area contributed by atoms with Gasteiger partial charge in [-0.1, -0.05) is 30.3 Å². The highest BCUT2D eigenvalue weighted by Gasteiger charge is 2.32. The van der Waals surface area contributed by atoms with Crippen LogP contribution >= 0.6 is 0 Å². The minimum Gasteiger partial charge on any atom is -0.399 e. The maximum atomic E-state index is 14.4. The van der Waals surface area contributed by atoms with Gasteiger partial charge in [-0.2, -0.15) is 0 Å². The maximum Gasteiger partial charge on any atom is 0.262 e. The molecule has 46 heavy (non-hydrogen) atoms. The Labute approximate surface area is 266 Å². The van der Waals surface area contributed by atoms with Crippen LogP contribution in [0.2, 0.25) is 0 Å². The third kappa shape index (κ3) is 6.03. The fourth-order valence-electron chi connectivity index (χ4n) is 6.10. The van der Waals surface area contributed by atoms with Gasteiger partial charge < -0.3 is 10.6 Å². The average molecular weight is 642 g/mol. The standard InChI is InChI=1S/C35H33F2N5O3S/c1-22-21-41(23(2)33-30(36)9-4-10-31(33)37)18-19-42(22)35(43)25-11-14-27(15-12-25)40-46(44,45)32-16-13-26(38)20-29(32)28-8-3-6-24-7-5-17-39-34(24)28/h3-17,20,22-23,40H,18-19,21,38H2,1-2H3/t22-,23?/m1/s1. The number of nitrogens with two attached hydrogens (primary N) is 1. The summed E-state index contributed by atoms with van der Waals surface area (Å²) in [6, 6.07) is 23.3. The molecule has 3 N–H and O–H groups in total. The third-order valence-corrected chi connectivity index (χ3v) is 9.92. The number of aromatic nitrogens is 1. The highest BCUT2D eigenvalue weighted by atomic mass is 32.2. The van der Waals surface area contributed by atoms with Crippen molar-refractivity contribution >= 4 is 38.2 Å². The van der Waals surface area contributed by atoms with E-state index in [1.54, 1.807) is 48.4 Å². The number of sulfonamides is 1. The molecule has 11 heteroatoms. The van der Waals surface area contributed by atoms with Crippen molar-refractivity contribution in [3.05, 3.63) is 120 Å². The van der Waals surface area contributed by atoms with Crippen LogP contribution in [0.1, 0.15) is 35.8 Å². The van der Waals surface area contributed by atoms with E-state index in [0.29, 0.717) is 47.5 Å². The summed E-state index contributed by atoms with van der Waals surface area (Å²) in [4.78, 5) is 21.7. The number of nitrogens with zero attached hydrogens (tertiary/aromatic N) is 3. The number of pyridine rings is 1. The van der Waals surface area contributed by atoms with E-state index in [2.05, 4.69) is 9.71 Å². The Morgan fingerprint density at radius 1 is 0.935 bits per heavy atom. The number of nitrogens with one attached hydrogen (secondary N) is 1. The first-order valence-electron chi connectivity index (χ1n) is 14.9. The molecule has 2 heterocycles. The lowest BCUT2D eigenvalue weighted by Gasteiger charge is -2.42. The molecular formula is C35H33F2N5O3S. The number of fused-ring (bicyclic) bond motifs is 1. The highest BCUT2D eigenvalue weighted by molar-refractivity contribution is 7.92. The van der Waals surface area contributed by atoms with Crippen LogP contribution in [0.25, 0.3) is 22.0 Å². The van der Waals surface area contributed by atoms with Crippen molar-refractivity contribution in [3.8, 4) is 11.1 Å². The van der Waals surface area contributed by atoms with Crippen molar-refractivity contribution in [2.75, 3.05) is 30.1 Å².